The quantitative estimate of drug-likeness (QED) is 0.815. The van der Waals surface area contributed by atoms with Gasteiger partial charge in [-0.2, -0.15) is 0 Å². The molecule has 0 aliphatic rings. The van der Waals surface area contributed by atoms with Crippen LogP contribution < -0.4 is 4.72 Å². The third-order valence-corrected chi connectivity index (χ3v) is 5.60. The number of sulfonamides is 1. The van der Waals surface area contributed by atoms with Gasteiger partial charge in [0.25, 0.3) is 0 Å². The van der Waals surface area contributed by atoms with E-state index in [2.05, 4.69) is 36.6 Å². The van der Waals surface area contributed by atoms with E-state index in [1.54, 1.807) is 18.2 Å². The van der Waals surface area contributed by atoms with Crippen molar-refractivity contribution in [3.05, 3.63) is 62.5 Å². The monoisotopic (exact) mass is 417 g/mol. The van der Waals surface area contributed by atoms with Gasteiger partial charge in [-0.1, -0.05) is 34.1 Å². The lowest BCUT2D eigenvalue weighted by Gasteiger charge is -2.09. The maximum atomic E-state index is 12.3. The van der Waals surface area contributed by atoms with Gasteiger partial charge < -0.3 is 0 Å². The molecule has 0 radical (unpaired) electrons. The fourth-order valence-electron chi connectivity index (χ4n) is 1.73. The van der Waals surface area contributed by atoms with E-state index in [0.717, 1.165) is 15.6 Å². The average Bonchev–Trinajstić information content (AvgIpc) is 2.36. The first-order chi connectivity index (χ1) is 9.38. The zero-order chi connectivity index (χ0) is 14.8. The fourth-order valence-corrected chi connectivity index (χ4v) is 4.38. The Labute approximate surface area is 135 Å². The molecule has 0 saturated carbocycles. The van der Waals surface area contributed by atoms with Crippen LogP contribution in [0.3, 0.4) is 0 Å². The number of rotatable bonds is 4. The van der Waals surface area contributed by atoms with Crippen LogP contribution in [0.15, 0.2) is 56.3 Å². The standard InChI is InChI=1S/C14H13Br2NO2S/c1-10-5-6-14(13(16)7-10)20(18,19)17-9-11-3-2-4-12(15)8-11/h2-8,17H,9H2,1H3. The number of aryl methyl sites for hydroxylation is 1. The predicted octanol–water partition coefficient (Wildman–Crippen LogP) is 4.00. The highest BCUT2D eigenvalue weighted by Crippen LogP contribution is 2.23. The van der Waals surface area contributed by atoms with Crippen molar-refractivity contribution in [2.45, 2.75) is 18.4 Å². The van der Waals surface area contributed by atoms with Crippen LogP contribution in [-0.2, 0) is 16.6 Å². The molecule has 0 amide bonds. The van der Waals surface area contributed by atoms with Crippen molar-refractivity contribution in [3.8, 4) is 0 Å². The Balaban J connectivity index is 2.19. The summed E-state index contributed by atoms with van der Waals surface area (Å²) in [5.41, 5.74) is 1.90. The molecule has 0 aromatic heterocycles. The van der Waals surface area contributed by atoms with Gasteiger partial charge in [0.15, 0.2) is 0 Å². The van der Waals surface area contributed by atoms with Crippen LogP contribution in [0.5, 0.6) is 0 Å². The molecule has 6 heteroatoms. The van der Waals surface area contributed by atoms with Gasteiger partial charge in [0.1, 0.15) is 0 Å². The van der Waals surface area contributed by atoms with Crippen molar-refractivity contribution in [1.29, 1.82) is 0 Å². The van der Waals surface area contributed by atoms with E-state index in [0.29, 0.717) is 4.47 Å². The largest absolute Gasteiger partial charge is 0.241 e. The third-order valence-electron chi connectivity index (χ3n) is 2.73. The molecule has 0 aliphatic carbocycles. The van der Waals surface area contributed by atoms with Gasteiger partial charge in [-0.05, 0) is 58.2 Å². The Kier molecular flexibility index (Phi) is 5.01. The smallest absolute Gasteiger partial charge is 0.207 e. The summed E-state index contributed by atoms with van der Waals surface area (Å²) in [6.07, 6.45) is 0. The zero-order valence-electron chi connectivity index (χ0n) is 10.7. The van der Waals surface area contributed by atoms with Gasteiger partial charge in [0.2, 0.25) is 10.0 Å². The Hall–Kier alpha value is -0.690. The summed E-state index contributed by atoms with van der Waals surface area (Å²) in [5.74, 6) is 0. The molecule has 0 bridgehead atoms. The molecule has 3 nitrogen and oxygen atoms in total. The fraction of sp³-hybridized carbons (Fsp3) is 0.143. The van der Waals surface area contributed by atoms with E-state index in [4.69, 9.17) is 0 Å². The zero-order valence-corrected chi connectivity index (χ0v) is 14.7. The van der Waals surface area contributed by atoms with Crippen LogP contribution >= 0.6 is 31.9 Å². The molecule has 0 unspecified atom stereocenters. The second-order valence-corrected chi connectivity index (χ2v) is 7.89. The summed E-state index contributed by atoms with van der Waals surface area (Å²) in [6.45, 7) is 2.16. The second-order valence-electron chi connectivity index (χ2n) is 4.39. The molecule has 0 heterocycles. The minimum absolute atomic E-state index is 0.248. The highest BCUT2D eigenvalue weighted by Gasteiger charge is 2.17. The Bertz CT molecular complexity index is 730. The Morgan fingerprint density at radius 3 is 2.50 bits per heavy atom. The van der Waals surface area contributed by atoms with Crippen LogP contribution in [0.25, 0.3) is 0 Å². The highest BCUT2D eigenvalue weighted by atomic mass is 79.9. The van der Waals surface area contributed by atoms with Gasteiger partial charge in [-0.3, -0.25) is 0 Å². The van der Waals surface area contributed by atoms with Gasteiger partial charge in [0, 0.05) is 15.5 Å². The SMILES string of the molecule is Cc1ccc(S(=O)(=O)NCc2cccc(Br)c2)c(Br)c1. The molecule has 2 rings (SSSR count). The molecular weight excluding hydrogens is 406 g/mol. The first kappa shape index (κ1) is 15.7. The molecule has 106 valence electrons. The van der Waals surface area contributed by atoms with Crippen LogP contribution in [0.1, 0.15) is 11.1 Å². The van der Waals surface area contributed by atoms with Crippen LogP contribution in [0.2, 0.25) is 0 Å². The van der Waals surface area contributed by atoms with E-state index in [-0.39, 0.29) is 11.4 Å². The van der Waals surface area contributed by atoms with Gasteiger partial charge in [-0.25, -0.2) is 13.1 Å². The van der Waals surface area contributed by atoms with Gasteiger partial charge in [-0.15, -0.1) is 0 Å². The third kappa shape index (κ3) is 3.91. The lowest BCUT2D eigenvalue weighted by molar-refractivity contribution is 0.581. The number of hydrogen-bond donors (Lipinski definition) is 1. The van der Waals surface area contributed by atoms with Crippen LogP contribution in [0, 0.1) is 6.92 Å². The number of hydrogen-bond acceptors (Lipinski definition) is 2. The molecular formula is C14H13Br2NO2S. The summed E-state index contributed by atoms with van der Waals surface area (Å²) in [6, 6.07) is 12.7. The molecule has 2 aromatic rings. The second kappa shape index (κ2) is 6.39. The number of halogens is 2. The molecule has 1 N–H and O–H groups in total. The Morgan fingerprint density at radius 2 is 1.85 bits per heavy atom. The minimum atomic E-state index is -3.53. The predicted molar refractivity (Wildman–Crippen MR) is 87.0 cm³/mol. The maximum Gasteiger partial charge on any atom is 0.241 e. The van der Waals surface area contributed by atoms with Crippen molar-refractivity contribution >= 4 is 41.9 Å². The molecule has 2 aromatic carbocycles. The normalized spacial score (nSPS) is 11.6. The van der Waals surface area contributed by atoms with Crippen molar-refractivity contribution in [1.82, 2.24) is 4.72 Å². The van der Waals surface area contributed by atoms with E-state index in [1.807, 2.05) is 31.2 Å². The van der Waals surface area contributed by atoms with Crippen molar-refractivity contribution in [3.63, 3.8) is 0 Å². The molecule has 20 heavy (non-hydrogen) atoms. The molecule has 0 fully saturated rings. The highest BCUT2D eigenvalue weighted by molar-refractivity contribution is 9.10. The topological polar surface area (TPSA) is 46.2 Å². The summed E-state index contributed by atoms with van der Waals surface area (Å²) < 4.78 is 28.6. The summed E-state index contributed by atoms with van der Waals surface area (Å²) in [7, 11) is -3.53. The number of benzene rings is 2. The van der Waals surface area contributed by atoms with E-state index >= 15 is 0 Å². The minimum Gasteiger partial charge on any atom is -0.207 e. The lowest BCUT2D eigenvalue weighted by atomic mass is 10.2. The van der Waals surface area contributed by atoms with E-state index in [9.17, 15) is 8.42 Å². The first-order valence-corrected chi connectivity index (χ1v) is 8.96. The molecule has 0 saturated heterocycles. The summed E-state index contributed by atoms with van der Waals surface area (Å²) in [5, 5.41) is 0. The molecule has 0 aliphatic heterocycles. The van der Waals surface area contributed by atoms with Crippen molar-refractivity contribution < 1.29 is 8.42 Å². The molecule has 0 spiro atoms. The van der Waals surface area contributed by atoms with Crippen molar-refractivity contribution in [2.24, 2.45) is 0 Å². The lowest BCUT2D eigenvalue weighted by Crippen LogP contribution is -2.23. The van der Waals surface area contributed by atoms with Crippen molar-refractivity contribution in [2.75, 3.05) is 0 Å². The average molecular weight is 419 g/mol. The van der Waals surface area contributed by atoms with Crippen LogP contribution in [-0.4, -0.2) is 8.42 Å². The summed E-state index contributed by atoms with van der Waals surface area (Å²) >= 11 is 6.66. The van der Waals surface area contributed by atoms with E-state index < -0.39 is 10.0 Å². The maximum absolute atomic E-state index is 12.3. The van der Waals surface area contributed by atoms with Gasteiger partial charge in [0.05, 0.1) is 4.90 Å². The molecule has 0 atom stereocenters. The van der Waals surface area contributed by atoms with E-state index in [1.165, 1.54) is 0 Å². The van der Waals surface area contributed by atoms with Crippen LogP contribution in [0.4, 0.5) is 0 Å². The first-order valence-electron chi connectivity index (χ1n) is 5.89. The Morgan fingerprint density at radius 1 is 1.10 bits per heavy atom. The summed E-state index contributed by atoms with van der Waals surface area (Å²) in [4.78, 5) is 0.248. The number of nitrogens with one attached hydrogen (secondary N) is 1. The van der Waals surface area contributed by atoms with Gasteiger partial charge >= 0.3 is 0 Å².